The molecule has 6 rings (SSSR count). The first-order valence-electron chi connectivity index (χ1n) is 13.4. The number of rotatable bonds is 6. The molecule has 1 fully saturated rings. The zero-order valence-electron chi connectivity index (χ0n) is 22.9. The molecule has 224 valence electrons. The summed E-state index contributed by atoms with van der Waals surface area (Å²) < 4.78 is 69.5. The molecule has 43 heavy (non-hydrogen) atoms. The molecule has 3 aromatic carbocycles. The molecule has 0 saturated carbocycles. The molecule has 0 bridgehead atoms. The van der Waals surface area contributed by atoms with Gasteiger partial charge in [-0.15, -0.1) is 13.2 Å². The Morgan fingerprint density at radius 2 is 1.58 bits per heavy atom. The van der Waals surface area contributed by atoms with Crippen molar-refractivity contribution in [1.82, 2.24) is 9.71 Å². The summed E-state index contributed by atoms with van der Waals surface area (Å²) in [7, 11) is -2.04. The summed E-state index contributed by atoms with van der Waals surface area (Å²) in [6, 6.07) is 23.9. The average molecular weight is 612 g/mol. The van der Waals surface area contributed by atoms with Crippen molar-refractivity contribution in [1.29, 1.82) is 0 Å². The van der Waals surface area contributed by atoms with Gasteiger partial charge in [-0.05, 0) is 60.7 Å². The van der Waals surface area contributed by atoms with Crippen LogP contribution in [0.2, 0.25) is 0 Å². The van der Waals surface area contributed by atoms with Gasteiger partial charge in [0.05, 0.1) is 34.5 Å². The van der Waals surface area contributed by atoms with Gasteiger partial charge in [-0.25, -0.2) is 18.3 Å². The number of aliphatic hydroxyl groups excluding tert-OH is 1. The molecule has 0 radical (unpaired) electrons. The molecule has 0 aliphatic carbocycles. The van der Waals surface area contributed by atoms with Crippen LogP contribution in [0, 0.1) is 0 Å². The van der Waals surface area contributed by atoms with Crippen LogP contribution < -0.4 is 24.0 Å². The van der Waals surface area contributed by atoms with Crippen LogP contribution in [0.4, 0.5) is 30.4 Å². The van der Waals surface area contributed by atoms with Crippen LogP contribution in [0.5, 0.6) is 17.2 Å². The van der Waals surface area contributed by atoms with Crippen molar-refractivity contribution in [2.24, 2.45) is 4.36 Å². The molecular weight excluding hydrogens is 583 g/mol. The van der Waals surface area contributed by atoms with Crippen molar-refractivity contribution in [2.75, 3.05) is 29.9 Å². The predicted octanol–water partition coefficient (Wildman–Crippen LogP) is 5.50. The number of halogens is 3. The van der Waals surface area contributed by atoms with Crippen LogP contribution in [-0.2, 0) is 9.92 Å². The smallest absolute Gasteiger partial charge is 0.453 e. The molecule has 2 aliphatic heterocycles. The predicted molar refractivity (Wildman–Crippen MR) is 156 cm³/mol. The summed E-state index contributed by atoms with van der Waals surface area (Å²) in [4.78, 5) is 8.68. The molecule has 13 heteroatoms. The van der Waals surface area contributed by atoms with Crippen LogP contribution in [0.3, 0.4) is 0 Å². The van der Waals surface area contributed by atoms with Crippen molar-refractivity contribution in [3.05, 3.63) is 97.2 Å². The zero-order chi connectivity index (χ0) is 30.2. The molecule has 3 heterocycles. The minimum atomic E-state index is -4.86. The monoisotopic (exact) mass is 611 g/mol. The highest BCUT2D eigenvalue weighted by Crippen LogP contribution is 2.48. The van der Waals surface area contributed by atoms with E-state index in [9.17, 15) is 22.5 Å². The standard InChI is InChI=1S/C30H28F3N5O4S/c1-34-43(40,21-15-13-20(14-16-21)42-30(31,32)33)36-22-18-37(28-12-6-7-17-35-28)19-25(29(22)39)38-23-8-2-4-10-26(23)41-27-11-5-3-9-24(27)38/h2-17,22,25,29,39H,18-19H2,1H3,(H,34,36,40). The maximum absolute atomic E-state index is 14.2. The minimum Gasteiger partial charge on any atom is -0.453 e. The first-order chi connectivity index (χ1) is 20.6. The molecule has 2 N–H and O–H groups in total. The number of para-hydroxylation sites is 4. The summed E-state index contributed by atoms with van der Waals surface area (Å²) in [5.41, 5.74) is 1.51. The van der Waals surface area contributed by atoms with E-state index in [-0.39, 0.29) is 11.4 Å². The number of benzene rings is 3. The summed E-state index contributed by atoms with van der Waals surface area (Å²) in [5.74, 6) is 1.47. The number of ether oxygens (including phenoxy) is 2. The molecule has 9 nitrogen and oxygen atoms in total. The third-order valence-corrected chi connectivity index (χ3v) is 9.40. The van der Waals surface area contributed by atoms with Gasteiger partial charge >= 0.3 is 6.36 Å². The third kappa shape index (κ3) is 5.83. The van der Waals surface area contributed by atoms with Gasteiger partial charge in [0.25, 0.3) is 0 Å². The van der Waals surface area contributed by atoms with E-state index in [2.05, 4.69) is 18.8 Å². The normalized spacial score (nSPS) is 21.2. The van der Waals surface area contributed by atoms with Gasteiger partial charge in [0.2, 0.25) is 0 Å². The second-order valence-corrected chi connectivity index (χ2v) is 12.1. The number of hydrogen-bond donors (Lipinski definition) is 2. The number of aliphatic hydroxyl groups is 1. The lowest BCUT2D eigenvalue weighted by molar-refractivity contribution is -0.274. The van der Waals surface area contributed by atoms with Crippen molar-refractivity contribution in [2.45, 2.75) is 29.4 Å². The van der Waals surface area contributed by atoms with E-state index >= 15 is 0 Å². The van der Waals surface area contributed by atoms with Crippen LogP contribution in [0.15, 0.2) is 106 Å². The SMILES string of the molecule is CN=S(=O)(NC1CN(c2ccccn2)CC(N2c3ccccc3Oc3ccccc32)C1O)c1ccc(OC(F)(F)F)cc1. The van der Waals surface area contributed by atoms with E-state index in [1.54, 1.807) is 12.3 Å². The highest BCUT2D eigenvalue weighted by Gasteiger charge is 2.44. The van der Waals surface area contributed by atoms with Gasteiger partial charge in [-0.1, -0.05) is 30.3 Å². The summed E-state index contributed by atoms with van der Waals surface area (Å²) >= 11 is 0. The molecule has 1 saturated heterocycles. The van der Waals surface area contributed by atoms with Gasteiger partial charge in [0, 0.05) is 26.3 Å². The Morgan fingerprint density at radius 1 is 0.953 bits per heavy atom. The average Bonchev–Trinajstić information content (AvgIpc) is 3.01. The molecule has 4 unspecified atom stereocenters. The summed E-state index contributed by atoms with van der Waals surface area (Å²) in [5, 5.41) is 12.0. The van der Waals surface area contributed by atoms with E-state index in [1.807, 2.05) is 70.5 Å². The molecule has 0 spiro atoms. The van der Waals surface area contributed by atoms with Gasteiger partial charge < -0.3 is 24.4 Å². The maximum atomic E-state index is 14.2. The molecule has 1 aromatic heterocycles. The van der Waals surface area contributed by atoms with Crippen molar-refractivity contribution in [3.8, 4) is 17.2 Å². The van der Waals surface area contributed by atoms with E-state index in [4.69, 9.17) is 4.74 Å². The highest BCUT2D eigenvalue weighted by molar-refractivity contribution is 7.91. The number of aromatic nitrogens is 1. The number of fused-ring (bicyclic) bond motifs is 2. The quantitative estimate of drug-likeness (QED) is 0.297. The maximum Gasteiger partial charge on any atom is 0.573 e. The van der Waals surface area contributed by atoms with Crippen LogP contribution in [-0.4, -0.2) is 59.0 Å². The van der Waals surface area contributed by atoms with Crippen molar-refractivity contribution in [3.63, 3.8) is 0 Å². The lowest BCUT2D eigenvalue weighted by Crippen LogP contribution is -2.65. The number of nitrogens with zero attached hydrogens (tertiary/aromatic N) is 4. The summed E-state index contributed by atoms with van der Waals surface area (Å²) in [6.45, 7) is 0.594. The van der Waals surface area contributed by atoms with Crippen LogP contribution in [0.1, 0.15) is 0 Å². The fourth-order valence-electron chi connectivity index (χ4n) is 5.44. The molecule has 0 amide bonds. The Hall–Kier alpha value is -4.33. The van der Waals surface area contributed by atoms with Crippen molar-refractivity contribution >= 4 is 27.1 Å². The zero-order valence-corrected chi connectivity index (χ0v) is 23.7. The Kier molecular flexibility index (Phi) is 7.63. The fraction of sp³-hybridized carbons (Fsp3) is 0.233. The van der Waals surface area contributed by atoms with E-state index in [0.717, 1.165) is 23.5 Å². The second-order valence-electron chi connectivity index (χ2n) is 10.0. The van der Waals surface area contributed by atoms with E-state index in [1.165, 1.54) is 19.2 Å². The van der Waals surface area contributed by atoms with Crippen LogP contribution >= 0.6 is 0 Å². The lowest BCUT2D eigenvalue weighted by Gasteiger charge is -2.48. The molecular formula is C30H28F3N5O4S. The fourth-order valence-corrected chi connectivity index (χ4v) is 7.02. The van der Waals surface area contributed by atoms with E-state index < -0.39 is 40.2 Å². The Morgan fingerprint density at radius 3 is 2.16 bits per heavy atom. The molecule has 2 aliphatic rings. The Labute approximate surface area is 246 Å². The topological polar surface area (TPSA) is 99.5 Å². The Balaban J connectivity index is 1.38. The largest absolute Gasteiger partial charge is 0.573 e. The van der Waals surface area contributed by atoms with Crippen molar-refractivity contribution < 1.29 is 32.0 Å². The van der Waals surface area contributed by atoms with Gasteiger partial charge in [-0.3, -0.25) is 0 Å². The van der Waals surface area contributed by atoms with Gasteiger partial charge in [0.15, 0.2) is 11.5 Å². The molecule has 4 atom stereocenters. The third-order valence-electron chi connectivity index (χ3n) is 7.35. The highest BCUT2D eigenvalue weighted by atomic mass is 32.2. The number of nitrogens with one attached hydrogen (secondary N) is 1. The molecule has 4 aromatic rings. The van der Waals surface area contributed by atoms with E-state index in [0.29, 0.717) is 23.9 Å². The number of pyridine rings is 1. The first-order valence-corrected chi connectivity index (χ1v) is 14.9. The van der Waals surface area contributed by atoms with Gasteiger partial charge in [0.1, 0.15) is 21.5 Å². The minimum absolute atomic E-state index is 0.144. The number of piperidine rings is 1. The second kappa shape index (κ2) is 11.4. The lowest BCUT2D eigenvalue weighted by atomic mass is 9.94. The van der Waals surface area contributed by atoms with Gasteiger partial charge in [-0.2, -0.15) is 0 Å². The van der Waals surface area contributed by atoms with Crippen LogP contribution in [0.25, 0.3) is 0 Å². The summed E-state index contributed by atoms with van der Waals surface area (Å²) in [6.07, 6.45) is -4.26. The Bertz CT molecular complexity index is 1670. The number of alkyl halides is 3. The first kappa shape index (κ1) is 28.8. The number of hydrogen-bond acceptors (Lipinski definition) is 8. The number of anilines is 3.